The average molecular weight is 441 g/mol. The number of fused-ring (bicyclic) bond motifs is 3. The van der Waals surface area contributed by atoms with Crippen molar-refractivity contribution >= 4 is 28.6 Å². The second-order valence-corrected chi connectivity index (χ2v) is 7.63. The van der Waals surface area contributed by atoms with Crippen molar-refractivity contribution in [3.05, 3.63) is 89.5 Å². The lowest BCUT2D eigenvalue weighted by Gasteiger charge is -2.31. The Bertz CT molecular complexity index is 1380. The SMILES string of the molecule is CCOC(=O)C1=C(c2ccccc2)Nc2nc3ccccc3n2[C@@H]1c1ccc(O)c(OC)c1. The first-order chi connectivity index (χ1) is 16.1. The molecular formula is C26H23N3O4. The molecule has 7 heteroatoms. The lowest BCUT2D eigenvalue weighted by Crippen LogP contribution is -2.29. The standard InChI is InChI=1S/C26H23N3O4/c1-3-33-25(31)22-23(16-9-5-4-6-10-16)28-26-27-18-11-7-8-12-19(18)29(26)24(22)17-13-14-20(30)21(15-17)32-2/h4-15,24,30H,3H2,1-2H3,(H,27,28)/t24-/m1/s1. The zero-order valence-corrected chi connectivity index (χ0v) is 18.3. The molecule has 0 amide bonds. The minimum atomic E-state index is -0.558. The topological polar surface area (TPSA) is 85.6 Å². The van der Waals surface area contributed by atoms with Gasteiger partial charge in [-0.1, -0.05) is 48.5 Å². The molecule has 2 heterocycles. The lowest BCUT2D eigenvalue weighted by atomic mass is 9.92. The summed E-state index contributed by atoms with van der Waals surface area (Å²) in [6.07, 6.45) is 0. The van der Waals surface area contributed by atoms with Crippen molar-refractivity contribution in [3.63, 3.8) is 0 Å². The number of rotatable bonds is 5. The van der Waals surface area contributed by atoms with Crippen LogP contribution in [0.15, 0.2) is 78.4 Å². The number of phenolic OH excluding ortho intramolecular Hbond substituents is 1. The van der Waals surface area contributed by atoms with Crippen molar-refractivity contribution in [1.82, 2.24) is 9.55 Å². The van der Waals surface area contributed by atoms with Gasteiger partial charge < -0.3 is 19.9 Å². The summed E-state index contributed by atoms with van der Waals surface area (Å²) < 4.78 is 12.9. The van der Waals surface area contributed by atoms with Crippen LogP contribution >= 0.6 is 0 Å². The van der Waals surface area contributed by atoms with Gasteiger partial charge in [0.1, 0.15) is 0 Å². The second kappa shape index (κ2) is 8.35. The van der Waals surface area contributed by atoms with E-state index in [1.807, 2.05) is 59.2 Å². The quantitative estimate of drug-likeness (QED) is 0.435. The predicted molar refractivity (Wildman–Crippen MR) is 126 cm³/mol. The van der Waals surface area contributed by atoms with Crippen LogP contribution in [0.25, 0.3) is 16.7 Å². The van der Waals surface area contributed by atoms with Crippen LogP contribution in [0.2, 0.25) is 0 Å². The van der Waals surface area contributed by atoms with Crippen molar-refractivity contribution in [3.8, 4) is 11.5 Å². The van der Waals surface area contributed by atoms with E-state index in [0.29, 0.717) is 23.0 Å². The van der Waals surface area contributed by atoms with Gasteiger partial charge in [-0.2, -0.15) is 0 Å². The number of ether oxygens (including phenoxy) is 2. The molecule has 0 saturated heterocycles. The third kappa shape index (κ3) is 3.47. The van der Waals surface area contributed by atoms with Crippen LogP contribution in [0.3, 0.4) is 0 Å². The number of imidazole rings is 1. The number of aromatic nitrogens is 2. The number of carbonyl (C=O) groups is 1. The van der Waals surface area contributed by atoms with Gasteiger partial charge in [-0.25, -0.2) is 9.78 Å². The normalized spacial score (nSPS) is 15.2. The van der Waals surface area contributed by atoms with Crippen LogP contribution in [-0.2, 0) is 9.53 Å². The van der Waals surface area contributed by atoms with E-state index in [2.05, 4.69) is 5.32 Å². The molecule has 0 radical (unpaired) electrons. The maximum Gasteiger partial charge on any atom is 0.338 e. The first-order valence-electron chi connectivity index (χ1n) is 10.7. The number of nitrogens with zero attached hydrogens (tertiary/aromatic N) is 2. The van der Waals surface area contributed by atoms with Gasteiger partial charge in [0, 0.05) is 0 Å². The highest BCUT2D eigenvalue weighted by Gasteiger charge is 2.37. The molecule has 1 atom stereocenters. The number of phenols is 1. The number of aromatic hydroxyl groups is 1. The molecule has 5 rings (SSSR count). The van der Waals surface area contributed by atoms with Gasteiger partial charge in [0.15, 0.2) is 11.5 Å². The molecule has 0 aliphatic carbocycles. The van der Waals surface area contributed by atoms with Gasteiger partial charge in [-0.3, -0.25) is 4.57 Å². The highest BCUT2D eigenvalue weighted by Crippen LogP contribution is 2.43. The summed E-state index contributed by atoms with van der Waals surface area (Å²) >= 11 is 0. The van der Waals surface area contributed by atoms with E-state index >= 15 is 0 Å². The number of hydrogen-bond acceptors (Lipinski definition) is 6. The van der Waals surface area contributed by atoms with Gasteiger partial charge in [0.2, 0.25) is 5.95 Å². The molecule has 0 spiro atoms. The third-order valence-corrected chi connectivity index (χ3v) is 5.71. The molecule has 7 nitrogen and oxygen atoms in total. The Balaban J connectivity index is 1.84. The number of esters is 1. The number of benzene rings is 3. The first kappa shape index (κ1) is 20.6. The van der Waals surface area contributed by atoms with E-state index in [-0.39, 0.29) is 12.4 Å². The Morgan fingerprint density at radius 3 is 2.61 bits per heavy atom. The highest BCUT2D eigenvalue weighted by atomic mass is 16.5. The van der Waals surface area contributed by atoms with E-state index in [1.54, 1.807) is 25.1 Å². The number of methoxy groups -OCH3 is 1. The van der Waals surface area contributed by atoms with Crippen molar-refractivity contribution < 1.29 is 19.4 Å². The Morgan fingerprint density at radius 1 is 1.09 bits per heavy atom. The molecule has 3 aromatic carbocycles. The molecule has 1 aliphatic rings. The third-order valence-electron chi connectivity index (χ3n) is 5.71. The summed E-state index contributed by atoms with van der Waals surface area (Å²) in [6, 6.07) is 21.9. The summed E-state index contributed by atoms with van der Waals surface area (Å²) in [5, 5.41) is 13.6. The molecule has 166 valence electrons. The fourth-order valence-corrected chi connectivity index (χ4v) is 4.27. The van der Waals surface area contributed by atoms with Crippen LogP contribution < -0.4 is 10.1 Å². The molecule has 4 aromatic rings. The van der Waals surface area contributed by atoms with Crippen LogP contribution in [0.1, 0.15) is 24.1 Å². The van der Waals surface area contributed by atoms with E-state index in [1.165, 1.54) is 7.11 Å². The Morgan fingerprint density at radius 2 is 1.85 bits per heavy atom. The summed E-state index contributed by atoms with van der Waals surface area (Å²) in [7, 11) is 1.50. The lowest BCUT2D eigenvalue weighted by molar-refractivity contribution is -0.138. The molecule has 0 saturated carbocycles. The maximum absolute atomic E-state index is 13.4. The number of carbonyl (C=O) groups excluding carboxylic acids is 1. The Kier molecular flexibility index (Phi) is 5.22. The zero-order valence-electron chi connectivity index (χ0n) is 18.3. The number of nitrogens with one attached hydrogen (secondary N) is 1. The second-order valence-electron chi connectivity index (χ2n) is 7.63. The van der Waals surface area contributed by atoms with Gasteiger partial charge in [-0.15, -0.1) is 0 Å². The smallest absolute Gasteiger partial charge is 0.338 e. The van der Waals surface area contributed by atoms with Crippen LogP contribution in [0.4, 0.5) is 5.95 Å². The van der Waals surface area contributed by atoms with Crippen LogP contribution in [0, 0.1) is 0 Å². The summed E-state index contributed by atoms with van der Waals surface area (Å²) in [5.74, 6) is 0.529. The Hall–Kier alpha value is -4.26. The average Bonchev–Trinajstić information content (AvgIpc) is 3.22. The summed E-state index contributed by atoms with van der Waals surface area (Å²) in [5.41, 5.74) is 4.35. The van der Waals surface area contributed by atoms with E-state index in [0.717, 1.165) is 22.2 Å². The molecular weight excluding hydrogens is 418 g/mol. The van der Waals surface area contributed by atoms with Crippen LogP contribution in [-0.4, -0.2) is 34.3 Å². The number of para-hydroxylation sites is 2. The number of hydrogen-bond donors (Lipinski definition) is 2. The maximum atomic E-state index is 13.4. The van der Waals surface area contributed by atoms with Crippen molar-refractivity contribution in [2.75, 3.05) is 19.0 Å². The van der Waals surface area contributed by atoms with Gasteiger partial charge in [0.25, 0.3) is 0 Å². The van der Waals surface area contributed by atoms with E-state index < -0.39 is 12.0 Å². The molecule has 1 aliphatic heterocycles. The molecule has 33 heavy (non-hydrogen) atoms. The highest BCUT2D eigenvalue weighted by molar-refractivity contribution is 6.03. The fraction of sp³-hybridized carbons (Fsp3) is 0.154. The van der Waals surface area contributed by atoms with Crippen molar-refractivity contribution in [2.24, 2.45) is 0 Å². The van der Waals surface area contributed by atoms with Crippen molar-refractivity contribution in [1.29, 1.82) is 0 Å². The minimum absolute atomic E-state index is 0.0239. The fourth-order valence-electron chi connectivity index (χ4n) is 4.27. The van der Waals surface area contributed by atoms with Crippen molar-refractivity contribution in [2.45, 2.75) is 13.0 Å². The molecule has 0 unspecified atom stereocenters. The van der Waals surface area contributed by atoms with Gasteiger partial charge >= 0.3 is 5.97 Å². The van der Waals surface area contributed by atoms with E-state index in [4.69, 9.17) is 14.5 Å². The van der Waals surface area contributed by atoms with Gasteiger partial charge in [0.05, 0.1) is 42.1 Å². The zero-order chi connectivity index (χ0) is 22.9. The molecule has 0 fully saturated rings. The summed E-state index contributed by atoms with van der Waals surface area (Å²) in [4.78, 5) is 18.2. The largest absolute Gasteiger partial charge is 0.504 e. The minimum Gasteiger partial charge on any atom is -0.504 e. The van der Waals surface area contributed by atoms with E-state index in [9.17, 15) is 9.90 Å². The monoisotopic (exact) mass is 441 g/mol. The predicted octanol–water partition coefficient (Wildman–Crippen LogP) is 4.74. The van der Waals surface area contributed by atoms with Gasteiger partial charge in [-0.05, 0) is 42.3 Å². The number of anilines is 1. The molecule has 2 N–H and O–H groups in total. The molecule has 1 aromatic heterocycles. The first-order valence-corrected chi connectivity index (χ1v) is 10.7. The molecule has 0 bridgehead atoms. The Labute approximate surface area is 190 Å². The van der Waals surface area contributed by atoms with Crippen LogP contribution in [0.5, 0.6) is 11.5 Å². The summed E-state index contributed by atoms with van der Waals surface area (Å²) in [6.45, 7) is 2.03.